The van der Waals surface area contributed by atoms with Crippen molar-refractivity contribution in [2.75, 3.05) is 17.2 Å². The number of imidazole rings is 1. The zero-order chi connectivity index (χ0) is 37.8. The number of hydrogen-bond acceptors (Lipinski definition) is 11. The van der Waals surface area contributed by atoms with Crippen LogP contribution in [0.5, 0.6) is 0 Å². The maximum Gasteiger partial charge on any atom is 0.303 e. The van der Waals surface area contributed by atoms with Gasteiger partial charge in [-0.05, 0) is 54.1 Å². The first kappa shape index (κ1) is 35.5. The van der Waals surface area contributed by atoms with Crippen LogP contribution in [-0.4, -0.2) is 56.1 Å². The van der Waals surface area contributed by atoms with Gasteiger partial charge in [0.1, 0.15) is 30.9 Å². The summed E-state index contributed by atoms with van der Waals surface area (Å²) in [5, 5.41) is 0. The second kappa shape index (κ2) is 15.4. The Hall–Kier alpha value is -6.86. The maximum atomic E-state index is 13.6. The number of nitrogen functional groups attached to an aromatic ring is 1. The molecule has 6 aromatic rings. The van der Waals surface area contributed by atoms with Crippen LogP contribution in [0.25, 0.3) is 28.6 Å². The van der Waals surface area contributed by atoms with Crippen molar-refractivity contribution in [1.82, 2.24) is 19.5 Å². The van der Waals surface area contributed by atoms with Crippen LogP contribution in [0.1, 0.15) is 42.4 Å². The van der Waals surface area contributed by atoms with Crippen molar-refractivity contribution in [3.63, 3.8) is 0 Å². The third-order valence-corrected chi connectivity index (χ3v) is 8.82. The van der Waals surface area contributed by atoms with Gasteiger partial charge >= 0.3 is 11.9 Å². The minimum atomic E-state index is -0.856. The molecule has 0 radical (unpaired) electrons. The maximum absolute atomic E-state index is 13.6. The number of para-hydroxylation sites is 2. The van der Waals surface area contributed by atoms with E-state index in [1.165, 1.54) is 19.9 Å². The molecule has 54 heavy (non-hydrogen) atoms. The molecule has 13 nitrogen and oxygen atoms in total. The second-order valence-electron chi connectivity index (χ2n) is 12.6. The van der Waals surface area contributed by atoms with Crippen molar-refractivity contribution < 1.29 is 28.6 Å². The molecule has 0 bridgehead atoms. The number of nitrogens with one attached hydrogen (secondary N) is 1. The molecule has 3 atom stereocenters. The Morgan fingerprint density at radius 2 is 1.56 bits per heavy atom. The van der Waals surface area contributed by atoms with Crippen molar-refractivity contribution in [3.8, 4) is 11.4 Å². The third-order valence-electron chi connectivity index (χ3n) is 8.82. The van der Waals surface area contributed by atoms with E-state index in [1.54, 1.807) is 34.9 Å². The molecule has 0 aliphatic carbocycles. The molecule has 0 unspecified atom stereocenters. The molecule has 0 saturated carbocycles. The average Bonchev–Trinajstić information content (AvgIpc) is 3.75. The van der Waals surface area contributed by atoms with Crippen molar-refractivity contribution in [3.05, 3.63) is 137 Å². The molecule has 7 rings (SSSR count). The van der Waals surface area contributed by atoms with Gasteiger partial charge < -0.3 is 24.8 Å². The zero-order valence-electron chi connectivity index (χ0n) is 29.4. The number of benzene rings is 4. The smallest absolute Gasteiger partial charge is 0.303 e. The highest BCUT2D eigenvalue weighted by Gasteiger charge is 2.41. The van der Waals surface area contributed by atoms with Gasteiger partial charge in [-0.1, -0.05) is 72.8 Å². The van der Waals surface area contributed by atoms with Gasteiger partial charge in [-0.15, -0.1) is 0 Å². The largest absolute Gasteiger partial charge is 0.463 e. The van der Waals surface area contributed by atoms with Crippen molar-refractivity contribution in [1.29, 1.82) is 0 Å². The predicted octanol–water partition coefficient (Wildman–Crippen LogP) is 6.52. The molecule has 1 saturated heterocycles. The summed E-state index contributed by atoms with van der Waals surface area (Å²) in [6, 6.07) is 34.9. The van der Waals surface area contributed by atoms with E-state index in [9.17, 15) is 19.2 Å². The van der Waals surface area contributed by atoms with E-state index in [1.807, 2.05) is 60.7 Å². The van der Waals surface area contributed by atoms with Crippen molar-refractivity contribution >= 4 is 58.0 Å². The number of hydrogen-bond donors (Lipinski definition) is 2. The summed E-state index contributed by atoms with van der Waals surface area (Å²) in [6.45, 7) is 2.37. The fraction of sp³-hybridized carbons (Fsp3) is 0.171. The number of rotatable bonds is 11. The summed E-state index contributed by atoms with van der Waals surface area (Å²) in [6.07, 6.45) is 0.945. The Bertz CT molecular complexity index is 2370. The number of esters is 2. The van der Waals surface area contributed by atoms with Gasteiger partial charge in [-0.3, -0.25) is 28.7 Å². The first-order chi connectivity index (χ1) is 26.1. The number of aromatic nitrogens is 4. The minimum Gasteiger partial charge on any atom is -0.463 e. The number of carbonyl (C=O) groups is 3. The van der Waals surface area contributed by atoms with Gasteiger partial charge in [0.2, 0.25) is 5.95 Å². The van der Waals surface area contributed by atoms with E-state index in [2.05, 4.69) is 44.1 Å². The van der Waals surface area contributed by atoms with E-state index in [4.69, 9.17) is 19.9 Å². The lowest BCUT2D eigenvalue weighted by Gasteiger charge is -2.25. The minimum absolute atomic E-state index is 0.00608. The average molecular weight is 725 g/mol. The van der Waals surface area contributed by atoms with Crippen LogP contribution in [0.2, 0.25) is 0 Å². The molecule has 0 amide bonds. The number of allylic oxidation sites excluding steroid dienone is 1. The topological polar surface area (TPSA) is 172 Å². The Morgan fingerprint density at radius 1 is 0.889 bits per heavy atom. The van der Waals surface area contributed by atoms with Gasteiger partial charge in [0.05, 0.1) is 0 Å². The van der Waals surface area contributed by atoms with Gasteiger partial charge in [-0.25, -0.2) is 4.98 Å². The normalized spacial score (nSPS) is 16.7. The summed E-state index contributed by atoms with van der Waals surface area (Å²) < 4.78 is 18.5. The number of H-pyrrole nitrogens is 1. The van der Waals surface area contributed by atoms with E-state index in [0.29, 0.717) is 11.1 Å². The molecule has 1 fully saturated rings. The Morgan fingerprint density at radius 3 is 2.20 bits per heavy atom. The number of carbonyl (C=O) groups excluding carboxylic acids is 3. The van der Waals surface area contributed by atoms with E-state index < -0.39 is 35.9 Å². The van der Waals surface area contributed by atoms with Crippen molar-refractivity contribution in [2.45, 2.75) is 38.7 Å². The lowest BCUT2D eigenvalue weighted by molar-refractivity contribution is -0.155. The number of fused-ring (bicyclic) bond motifs is 1. The molecule has 2 aromatic heterocycles. The lowest BCUT2D eigenvalue weighted by Crippen LogP contribution is -2.31. The number of nitrogens with two attached hydrogens (primary N) is 1. The first-order valence-corrected chi connectivity index (χ1v) is 17.2. The van der Waals surface area contributed by atoms with E-state index >= 15 is 0 Å². The first-order valence-electron chi connectivity index (χ1n) is 17.2. The number of ether oxygens (including phenoxy) is 3. The van der Waals surface area contributed by atoms with Crippen LogP contribution in [0, 0.1) is 0 Å². The summed E-state index contributed by atoms with van der Waals surface area (Å²) in [4.78, 5) is 63.6. The fourth-order valence-corrected chi connectivity index (χ4v) is 6.44. The second-order valence-corrected chi connectivity index (χ2v) is 12.6. The van der Waals surface area contributed by atoms with Crippen molar-refractivity contribution in [2.24, 2.45) is 0 Å². The van der Waals surface area contributed by atoms with E-state index in [0.717, 1.165) is 22.6 Å². The van der Waals surface area contributed by atoms with Crippen LogP contribution in [-0.2, 0) is 23.8 Å². The molecule has 4 aromatic carbocycles. The molecule has 13 heteroatoms. The van der Waals surface area contributed by atoms with Gasteiger partial charge in [0.25, 0.3) is 5.56 Å². The van der Waals surface area contributed by atoms with Gasteiger partial charge in [-0.2, -0.15) is 4.98 Å². The molecule has 0 spiro atoms. The fourth-order valence-electron chi connectivity index (χ4n) is 6.44. The zero-order valence-corrected chi connectivity index (χ0v) is 29.4. The van der Waals surface area contributed by atoms with Gasteiger partial charge in [0, 0.05) is 48.5 Å². The van der Waals surface area contributed by atoms with Crippen LogP contribution >= 0.6 is 0 Å². The summed E-state index contributed by atoms with van der Waals surface area (Å²) in [5.41, 5.74) is 10.2. The van der Waals surface area contributed by atoms with Crippen LogP contribution in [0.3, 0.4) is 0 Å². The molecule has 272 valence electrons. The SMILES string of the molecule is CC(=O)OC[C@H]1O[C@@H](n2c(-c3cccc(C(=O)/C=C/c4ccc(N(c5ccccc5)c5ccccc5)cc4)c3)nc3c(=O)[nH]c(N)nc32)C[C@@H]1OC(C)=O. The van der Waals surface area contributed by atoms with Crippen LogP contribution in [0.4, 0.5) is 23.0 Å². The Kier molecular flexibility index (Phi) is 10.1. The summed E-state index contributed by atoms with van der Waals surface area (Å²) >= 11 is 0. The Labute approximate surface area is 309 Å². The standard InChI is InChI=1S/C41H36N6O7/c1-25(48)52-24-35-34(53-26(2)49)23-36(54-35)47-38(43-37-39(47)44-41(42)45-40(37)51)29-11-9-10-28(22-29)33(50)21-18-27-16-19-32(20-17-27)46(30-12-5-3-6-13-30)31-14-7-4-8-15-31/h3-22,34-36H,23-24H2,1-2H3,(H3,42,44,45,51)/b21-18+/t34-,35+,36+/m0/s1. The summed E-state index contributed by atoms with van der Waals surface area (Å²) in [5.74, 6) is -1.19. The number of aromatic amines is 1. The molecular formula is C41H36N6O7. The number of anilines is 4. The molecule has 3 N–H and O–H groups in total. The van der Waals surface area contributed by atoms with Crippen LogP contribution < -0.4 is 16.2 Å². The third kappa shape index (κ3) is 7.66. The predicted molar refractivity (Wildman–Crippen MR) is 203 cm³/mol. The number of nitrogens with zero attached hydrogens (tertiary/aromatic N) is 4. The quantitative estimate of drug-likeness (QED) is 0.0847. The lowest BCUT2D eigenvalue weighted by atomic mass is 10.0. The number of ketones is 1. The molecule has 3 heterocycles. The highest BCUT2D eigenvalue weighted by molar-refractivity contribution is 6.07. The molecule has 1 aliphatic heterocycles. The van der Waals surface area contributed by atoms with Gasteiger partial charge in [0.15, 0.2) is 16.9 Å². The van der Waals surface area contributed by atoms with Crippen LogP contribution in [0.15, 0.2) is 120 Å². The highest BCUT2D eigenvalue weighted by atomic mass is 16.6. The molecule has 1 aliphatic rings. The highest BCUT2D eigenvalue weighted by Crippen LogP contribution is 2.37. The van der Waals surface area contributed by atoms with E-state index in [-0.39, 0.29) is 41.7 Å². The Balaban J connectivity index is 1.17. The monoisotopic (exact) mass is 724 g/mol. The molecular weight excluding hydrogens is 688 g/mol. The summed E-state index contributed by atoms with van der Waals surface area (Å²) in [7, 11) is 0.